The van der Waals surface area contributed by atoms with E-state index in [4.69, 9.17) is 9.72 Å². The number of carbonyl (C=O) groups excluding carboxylic acids is 1. The second-order valence-corrected chi connectivity index (χ2v) is 11.3. The van der Waals surface area contributed by atoms with Gasteiger partial charge < -0.3 is 24.6 Å². The summed E-state index contributed by atoms with van der Waals surface area (Å²) in [5, 5.41) is 20.4. The number of fused-ring (bicyclic) bond motifs is 2. The molecule has 0 saturated heterocycles. The molecule has 11 heteroatoms. The average Bonchev–Trinajstić information content (AvgIpc) is 3.90. The molecule has 2 aromatic carbocycles. The number of aromatic nitrogens is 3. The number of benzene rings is 2. The van der Waals surface area contributed by atoms with Gasteiger partial charge in [-0.05, 0) is 93.5 Å². The molecule has 1 amide bonds. The quantitative estimate of drug-likeness (QED) is 0.271. The van der Waals surface area contributed by atoms with Crippen LogP contribution in [0.25, 0.3) is 22.2 Å². The molecule has 3 heterocycles. The molecule has 2 aliphatic carbocycles. The van der Waals surface area contributed by atoms with Crippen LogP contribution >= 0.6 is 0 Å². The maximum Gasteiger partial charge on any atom is 0.586 e. The summed E-state index contributed by atoms with van der Waals surface area (Å²) in [4.78, 5) is 18.1. The Morgan fingerprint density at radius 2 is 1.93 bits per heavy atom. The van der Waals surface area contributed by atoms with Gasteiger partial charge in [0.15, 0.2) is 11.5 Å². The zero-order chi connectivity index (χ0) is 29.2. The van der Waals surface area contributed by atoms with E-state index in [-0.39, 0.29) is 29.9 Å². The van der Waals surface area contributed by atoms with Crippen molar-refractivity contribution in [1.29, 1.82) is 0 Å². The largest absolute Gasteiger partial charge is 0.586 e. The van der Waals surface area contributed by atoms with Crippen LogP contribution in [0, 0.1) is 12.8 Å². The molecular formula is C31H30F2N4O5. The summed E-state index contributed by atoms with van der Waals surface area (Å²) in [5.74, 6) is -0.145. The lowest BCUT2D eigenvalue weighted by Gasteiger charge is -2.29. The van der Waals surface area contributed by atoms with Crippen LogP contribution in [0.1, 0.15) is 60.3 Å². The summed E-state index contributed by atoms with van der Waals surface area (Å²) in [5.41, 5.74) is 1.77. The third kappa shape index (κ3) is 4.81. The Kier molecular flexibility index (Phi) is 6.12. The first-order valence-corrected chi connectivity index (χ1v) is 14.2. The van der Waals surface area contributed by atoms with Crippen molar-refractivity contribution in [3.63, 3.8) is 0 Å². The number of pyridine rings is 1. The van der Waals surface area contributed by atoms with Crippen LogP contribution in [0.5, 0.6) is 17.2 Å². The number of aryl methyl sites for hydroxylation is 1. The van der Waals surface area contributed by atoms with Crippen LogP contribution in [-0.2, 0) is 5.60 Å². The number of nitrogens with one attached hydrogen (secondary N) is 1. The summed E-state index contributed by atoms with van der Waals surface area (Å²) in [6, 6.07) is 12.0. The molecule has 2 aromatic heterocycles. The van der Waals surface area contributed by atoms with Gasteiger partial charge in [-0.15, -0.1) is 8.78 Å². The Hall–Kier alpha value is -4.25. The van der Waals surface area contributed by atoms with Gasteiger partial charge in [0.05, 0.1) is 30.4 Å². The van der Waals surface area contributed by atoms with Crippen LogP contribution < -0.4 is 19.5 Å². The minimum atomic E-state index is -3.75. The van der Waals surface area contributed by atoms with Gasteiger partial charge in [0, 0.05) is 22.7 Å². The molecule has 2 saturated carbocycles. The number of rotatable bonds is 9. The molecular weight excluding hydrogens is 546 g/mol. The number of halogens is 2. The van der Waals surface area contributed by atoms with E-state index in [0.29, 0.717) is 46.5 Å². The normalized spacial score (nSPS) is 18.6. The average molecular weight is 577 g/mol. The molecule has 9 nitrogen and oxygen atoms in total. The molecule has 1 atom stereocenters. The summed E-state index contributed by atoms with van der Waals surface area (Å²) < 4.78 is 44.4. The van der Waals surface area contributed by atoms with E-state index >= 15 is 0 Å². The van der Waals surface area contributed by atoms with E-state index < -0.39 is 11.9 Å². The number of nitrogens with zero attached hydrogens (tertiary/aromatic N) is 3. The zero-order valence-corrected chi connectivity index (χ0v) is 23.2. The highest BCUT2D eigenvalue weighted by Crippen LogP contribution is 2.48. The Balaban J connectivity index is 1.19. The molecule has 4 aromatic rings. The molecule has 0 unspecified atom stereocenters. The lowest BCUT2D eigenvalue weighted by Crippen LogP contribution is -2.43. The van der Waals surface area contributed by atoms with E-state index in [9.17, 15) is 18.7 Å². The van der Waals surface area contributed by atoms with Gasteiger partial charge in [0.25, 0.3) is 5.91 Å². The highest BCUT2D eigenvalue weighted by Gasteiger charge is 2.47. The summed E-state index contributed by atoms with van der Waals surface area (Å²) in [6.07, 6.45) is 2.01. The van der Waals surface area contributed by atoms with Crippen LogP contribution in [0.15, 0.2) is 48.7 Å². The Morgan fingerprint density at radius 3 is 2.67 bits per heavy atom. The van der Waals surface area contributed by atoms with Gasteiger partial charge in [-0.2, -0.15) is 5.10 Å². The molecule has 0 bridgehead atoms. The molecule has 3 aliphatic rings. The third-order valence-corrected chi connectivity index (χ3v) is 8.04. The summed E-state index contributed by atoms with van der Waals surface area (Å²) in [7, 11) is 0. The summed E-state index contributed by atoms with van der Waals surface area (Å²) >= 11 is 0. The Morgan fingerprint density at radius 1 is 1.14 bits per heavy atom. The zero-order valence-electron chi connectivity index (χ0n) is 23.2. The lowest BCUT2D eigenvalue weighted by molar-refractivity contribution is -0.286. The molecule has 7 rings (SSSR count). The second kappa shape index (κ2) is 9.65. The molecule has 0 radical (unpaired) electrons. The van der Waals surface area contributed by atoms with Crippen molar-refractivity contribution in [2.45, 2.75) is 57.5 Å². The Labute approximate surface area is 240 Å². The van der Waals surface area contributed by atoms with Crippen LogP contribution in [0.2, 0.25) is 0 Å². The van der Waals surface area contributed by atoms with Crippen LogP contribution in [-0.4, -0.2) is 45.2 Å². The van der Waals surface area contributed by atoms with Crippen molar-refractivity contribution in [1.82, 2.24) is 20.1 Å². The third-order valence-electron chi connectivity index (χ3n) is 8.04. The number of amides is 1. The Bertz CT molecular complexity index is 1720. The predicted octanol–water partition coefficient (Wildman–Crippen LogP) is 5.49. The number of alkyl halides is 2. The van der Waals surface area contributed by atoms with Gasteiger partial charge in [-0.25, -0.2) is 4.98 Å². The highest BCUT2D eigenvalue weighted by molar-refractivity contribution is 5.98. The number of carbonyl (C=O) groups is 1. The number of aliphatic hydroxyl groups is 1. The standard InChI is InChI=1S/C31H30F2N4O5/c1-3-40-28-17(2)12-26(35-27(28)18-5-11-24-25(14-18)42-31(32,33)41-24)30(39,21-6-7-21)16-34-29(38)19-4-10-23-20(13-19)15-37(36-23)22-8-9-22/h4-5,10-15,21-22,39H,3,6-9,16H2,1-2H3,(H,34,38)/t30-/m1/s1. The molecule has 2 N–H and O–H groups in total. The van der Waals surface area contributed by atoms with E-state index in [0.717, 1.165) is 36.6 Å². The van der Waals surface area contributed by atoms with Gasteiger partial charge in [-0.3, -0.25) is 9.48 Å². The number of ether oxygens (including phenoxy) is 3. The van der Waals surface area contributed by atoms with E-state index in [1.165, 1.54) is 12.1 Å². The van der Waals surface area contributed by atoms with Gasteiger partial charge in [0.1, 0.15) is 17.0 Å². The molecule has 218 valence electrons. The lowest BCUT2D eigenvalue weighted by atomic mass is 9.90. The van der Waals surface area contributed by atoms with E-state index in [1.54, 1.807) is 18.2 Å². The van der Waals surface area contributed by atoms with Crippen molar-refractivity contribution >= 4 is 16.8 Å². The minimum absolute atomic E-state index is 0.0525. The van der Waals surface area contributed by atoms with Gasteiger partial charge in [0.2, 0.25) is 0 Å². The van der Waals surface area contributed by atoms with Crippen molar-refractivity contribution in [2.24, 2.45) is 5.92 Å². The SMILES string of the molecule is CCOc1c(C)cc([C@@](O)(CNC(=O)c2ccc3nn(C4CC4)cc3c2)C2CC2)nc1-c1ccc2c(c1)OC(F)(F)O2. The number of hydrogen-bond acceptors (Lipinski definition) is 7. The fourth-order valence-corrected chi connectivity index (χ4v) is 5.54. The van der Waals surface area contributed by atoms with E-state index in [2.05, 4.69) is 19.9 Å². The summed E-state index contributed by atoms with van der Waals surface area (Å²) in [6.45, 7) is 3.97. The first-order valence-electron chi connectivity index (χ1n) is 14.2. The number of hydrogen-bond donors (Lipinski definition) is 2. The fourth-order valence-electron chi connectivity index (χ4n) is 5.54. The first-order chi connectivity index (χ1) is 20.1. The predicted molar refractivity (Wildman–Crippen MR) is 149 cm³/mol. The fraction of sp³-hybridized carbons (Fsp3) is 0.387. The van der Waals surface area contributed by atoms with Crippen molar-refractivity contribution in [3.05, 3.63) is 65.5 Å². The topological polar surface area (TPSA) is 108 Å². The smallest absolute Gasteiger partial charge is 0.491 e. The van der Waals surface area contributed by atoms with E-state index in [1.807, 2.05) is 36.9 Å². The van der Waals surface area contributed by atoms with Gasteiger partial charge >= 0.3 is 6.29 Å². The molecule has 2 fully saturated rings. The minimum Gasteiger partial charge on any atom is -0.491 e. The molecule has 1 aliphatic heterocycles. The van der Waals surface area contributed by atoms with Gasteiger partial charge in [-0.1, -0.05) is 0 Å². The van der Waals surface area contributed by atoms with Crippen molar-refractivity contribution in [3.8, 4) is 28.5 Å². The van der Waals surface area contributed by atoms with Crippen molar-refractivity contribution < 1.29 is 32.9 Å². The van der Waals surface area contributed by atoms with Crippen LogP contribution in [0.4, 0.5) is 8.78 Å². The van der Waals surface area contributed by atoms with Crippen LogP contribution in [0.3, 0.4) is 0 Å². The monoisotopic (exact) mass is 576 g/mol. The molecule has 42 heavy (non-hydrogen) atoms. The second-order valence-electron chi connectivity index (χ2n) is 11.3. The highest BCUT2D eigenvalue weighted by atomic mass is 19.3. The molecule has 0 spiro atoms. The maximum atomic E-state index is 13.7. The van der Waals surface area contributed by atoms with Crippen molar-refractivity contribution in [2.75, 3.05) is 13.2 Å². The first kappa shape index (κ1) is 26.6. The maximum absolute atomic E-state index is 13.7.